The SMILES string of the molecule is CCC(C)N(CC(=O)O)C(=O)c1ccc(S(=O)(=O)CC)cc1. The molecule has 1 atom stereocenters. The Morgan fingerprint density at radius 2 is 1.73 bits per heavy atom. The van der Waals surface area contributed by atoms with Crippen LogP contribution in [0.15, 0.2) is 29.2 Å². The Hall–Kier alpha value is -1.89. The smallest absolute Gasteiger partial charge is 0.323 e. The van der Waals surface area contributed by atoms with Gasteiger partial charge in [-0.1, -0.05) is 13.8 Å². The molecule has 0 bridgehead atoms. The summed E-state index contributed by atoms with van der Waals surface area (Å²) in [6.07, 6.45) is 0.626. The predicted octanol–water partition coefficient (Wildman–Crippen LogP) is 1.81. The van der Waals surface area contributed by atoms with Crippen LogP contribution in [-0.4, -0.2) is 48.6 Å². The molecule has 0 fully saturated rings. The summed E-state index contributed by atoms with van der Waals surface area (Å²) in [7, 11) is -3.32. The van der Waals surface area contributed by atoms with Crippen LogP contribution < -0.4 is 0 Å². The van der Waals surface area contributed by atoms with Crippen molar-refractivity contribution in [2.45, 2.75) is 38.1 Å². The second-order valence-electron chi connectivity index (χ2n) is 5.01. The van der Waals surface area contributed by atoms with Crippen LogP contribution in [0.25, 0.3) is 0 Å². The van der Waals surface area contributed by atoms with Crippen molar-refractivity contribution >= 4 is 21.7 Å². The molecular weight excluding hydrogens is 306 g/mol. The van der Waals surface area contributed by atoms with E-state index in [4.69, 9.17) is 5.11 Å². The molecule has 1 N–H and O–H groups in total. The summed E-state index contributed by atoms with van der Waals surface area (Å²) in [4.78, 5) is 24.8. The van der Waals surface area contributed by atoms with Crippen molar-refractivity contribution in [3.63, 3.8) is 0 Å². The first-order valence-corrected chi connectivity index (χ1v) is 8.73. The highest BCUT2D eigenvalue weighted by Crippen LogP contribution is 2.15. The van der Waals surface area contributed by atoms with Crippen LogP contribution in [0, 0.1) is 0 Å². The number of carbonyl (C=O) groups excluding carboxylic acids is 1. The maximum Gasteiger partial charge on any atom is 0.323 e. The molecule has 122 valence electrons. The van der Waals surface area contributed by atoms with Crippen LogP contribution in [0.4, 0.5) is 0 Å². The van der Waals surface area contributed by atoms with E-state index in [0.717, 1.165) is 0 Å². The maximum atomic E-state index is 12.4. The topological polar surface area (TPSA) is 91.8 Å². The molecule has 1 unspecified atom stereocenters. The molecule has 0 aliphatic rings. The van der Waals surface area contributed by atoms with E-state index in [-0.39, 0.29) is 28.8 Å². The molecule has 0 radical (unpaired) electrons. The van der Waals surface area contributed by atoms with E-state index >= 15 is 0 Å². The molecule has 0 aliphatic carbocycles. The molecule has 0 heterocycles. The minimum Gasteiger partial charge on any atom is -0.480 e. The average molecular weight is 327 g/mol. The van der Waals surface area contributed by atoms with Gasteiger partial charge < -0.3 is 10.0 Å². The molecule has 0 spiro atoms. The Balaban J connectivity index is 3.07. The van der Waals surface area contributed by atoms with Gasteiger partial charge in [-0.3, -0.25) is 9.59 Å². The summed E-state index contributed by atoms with van der Waals surface area (Å²) >= 11 is 0. The Morgan fingerprint density at radius 1 is 1.18 bits per heavy atom. The number of hydrogen-bond acceptors (Lipinski definition) is 4. The highest BCUT2D eigenvalue weighted by molar-refractivity contribution is 7.91. The number of aliphatic carboxylic acids is 1. The molecule has 1 rings (SSSR count). The molecule has 1 amide bonds. The lowest BCUT2D eigenvalue weighted by atomic mass is 10.1. The van der Waals surface area contributed by atoms with Gasteiger partial charge in [0, 0.05) is 11.6 Å². The van der Waals surface area contributed by atoms with E-state index in [2.05, 4.69) is 0 Å². The number of amides is 1. The molecule has 1 aromatic rings. The highest BCUT2D eigenvalue weighted by Gasteiger charge is 2.23. The van der Waals surface area contributed by atoms with Crippen LogP contribution >= 0.6 is 0 Å². The summed E-state index contributed by atoms with van der Waals surface area (Å²) in [5.74, 6) is -1.52. The first kappa shape index (κ1) is 18.2. The summed E-state index contributed by atoms with van der Waals surface area (Å²) in [5, 5.41) is 8.93. The molecule has 22 heavy (non-hydrogen) atoms. The van der Waals surface area contributed by atoms with Gasteiger partial charge in [-0.15, -0.1) is 0 Å². The van der Waals surface area contributed by atoms with Crippen molar-refractivity contribution in [1.29, 1.82) is 0 Å². The van der Waals surface area contributed by atoms with Crippen molar-refractivity contribution in [2.75, 3.05) is 12.3 Å². The molecule has 0 saturated carbocycles. The van der Waals surface area contributed by atoms with Gasteiger partial charge in [-0.2, -0.15) is 0 Å². The van der Waals surface area contributed by atoms with Gasteiger partial charge in [0.25, 0.3) is 5.91 Å². The Kier molecular flexibility index (Phi) is 6.11. The van der Waals surface area contributed by atoms with Crippen LogP contribution in [0.5, 0.6) is 0 Å². The molecule has 7 heteroatoms. The fourth-order valence-corrected chi connectivity index (χ4v) is 2.82. The normalized spacial score (nSPS) is 12.7. The standard InChI is InChI=1S/C15H21NO5S/c1-4-11(3)16(10-14(17)18)15(19)12-6-8-13(9-7-12)22(20,21)5-2/h6-9,11H,4-5,10H2,1-3H3,(H,17,18). The van der Waals surface area contributed by atoms with Crippen LogP contribution in [0.1, 0.15) is 37.6 Å². The monoisotopic (exact) mass is 327 g/mol. The third-order valence-corrected chi connectivity index (χ3v) is 5.28. The van der Waals surface area contributed by atoms with Crippen molar-refractivity contribution in [3.8, 4) is 0 Å². The lowest BCUT2D eigenvalue weighted by Gasteiger charge is -2.27. The predicted molar refractivity (Wildman–Crippen MR) is 82.6 cm³/mol. The van der Waals surface area contributed by atoms with Crippen LogP contribution in [-0.2, 0) is 14.6 Å². The minimum absolute atomic E-state index is 0.0156. The van der Waals surface area contributed by atoms with Crippen molar-refractivity contribution < 1.29 is 23.1 Å². The first-order valence-electron chi connectivity index (χ1n) is 7.08. The molecular formula is C15H21NO5S. The zero-order chi connectivity index (χ0) is 16.9. The summed E-state index contributed by atoms with van der Waals surface area (Å²) in [6.45, 7) is 4.80. The number of carboxylic acid groups (broad SMARTS) is 1. The van der Waals surface area contributed by atoms with E-state index in [1.807, 2.05) is 6.92 Å². The zero-order valence-corrected chi connectivity index (χ0v) is 13.8. The molecule has 0 saturated heterocycles. The Labute approximate surface area is 130 Å². The fraction of sp³-hybridized carbons (Fsp3) is 0.467. The molecule has 0 aromatic heterocycles. The van der Waals surface area contributed by atoms with E-state index in [0.29, 0.717) is 6.42 Å². The molecule has 0 aliphatic heterocycles. The molecule has 1 aromatic carbocycles. The van der Waals surface area contributed by atoms with Crippen molar-refractivity contribution in [3.05, 3.63) is 29.8 Å². The second kappa shape index (κ2) is 7.40. The van der Waals surface area contributed by atoms with E-state index < -0.39 is 21.7 Å². The summed E-state index contributed by atoms with van der Waals surface area (Å²) in [5.41, 5.74) is 0.275. The van der Waals surface area contributed by atoms with Gasteiger partial charge in [-0.05, 0) is 37.6 Å². The van der Waals surface area contributed by atoms with E-state index in [9.17, 15) is 18.0 Å². The number of sulfone groups is 1. The van der Waals surface area contributed by atoms with Crippen LogP contribution in [0.3, 0.4) is 0 Å². The second-order valence-corrected chi connectivity index (χ2v) is 7.29. The maximum absolute atomic E-state index is 12.4. The Morgan fingerprint density at radius 3 is 2.14 bits per heavy atom. The highest BCUT2D eigenvalue weighted by atomic mass is 32.2. The number of carboxylic acids is 1. The van der Waals surface area contributed by atoms with Crippen LogP contribution in [0.2, 0.25) is 0 Å². The summed E-state index contributed by atoms with van der Waals surface area (Å²) < 4.78 is 23.5. The minimum atomic E-state index is -3.32. The van der Waals surface area contributed by atoms with Gasteiger partial charge in [0.1, 0.15) is 6.54 Å². The van der Waals surface area contributed by atoms with E-state index in [1.165, 1.54) is 29.2 Å². The number of benzene rings is 1. The Bertz CT molecular complexity index is 636. The quantitative estimate of drug-likeness (QED) is 0.824. The van der Waals surface area contributed by atoms with Gasteiger partial charge >= 0.3 is 5.97 Å². The number of hydrogen-bond donors (Lipinski definition) is 1. The lowest BCUT2D eigenvalue weighted by Crippen LogP contribution is -2.41. The lowest BCUT2D eigenvalue weighted by molar-refractivity contribution is -0.138. The zero-order valence-electron chi connectivity index (χ0n) is 12.9. The van der Waals surface area contributed by atoms with Crippen molar-refractivity contribution in [1.82, 2.24) is 4.90 Å². The van der Waals surface area contributed by atoms with E-state index in [1.54, 1.807) is 13.8 Å². The third kappa shape index (κ3) is 4.30. The first-order chi connectivity index (χ1) is 10.2. The van der Waals surface area contributed by atoms with Crippen molar-refractivity contribution in [2.24, 2.45) is 0 Å². The van der Waals surface area contributed by atoms with Gasteiger partial charge in [-0.25, -0.2) is 8.42 Å². The number of carbonyl (C=O) groups is 2. The average Bonchev–Trinajstić information content (AvgIpc) is 2.51. The number of nitrogens with zero attached hydrogens (tertiary/aromatic N) is 1. The fourth-order valence-electron chi connectivity index (χ4n) is 1.93. The third-order valence-electron chi connectivity index (χ3n) is 3.53. The largest absolute Gasteiger partial charge is 0.480 e. The molecule has 6 nitrogen and oxygen atoms in total. The van der Waals surface area contributed by atoms with Gasteiger partial charge in [0.05, 0.1) is 10.6 Å². The summed E-state index contributed by atoms with van der Waals surface area (Å²) in [6, 6.07) is 5.37. The number of rotatable bonds is 7. The van der Waals surface area contributed by atoms with Gasteiger partial charge in [0.2, 0.25) is 0 Å². The van der Waals surface area contributed by atoms with Gasteiger partial charge in [0.15, 0.2) is 9.84 Å².